The molecule has 1 fully saturated rings. The van der Waals surface area contributed by atoms with Gasteiger partial charge < -0.3 is 20.6 Å². The first-order valence-corrected chi connectivity index (χ1v) is 9.58. The highest BCUT2D eigenvalue weighted by Gasteiger charge is 2.25. The van der Waals surface area contributed by atoms with Crippen LogP contribution in [0.1, 0.15) is 45.6 Å². The second-order valence-electron chi connectivity index (χ2n) is 7.04. The second kappa shape index (κ2) is 9.09. The fraction of sp³-hybridized carbons (Fsp3) is 0.650. The number of nitrogens with one attached hydrogen (secondary N) is 2. The Morgan fingerprint density at radius 1 is 1.24 bits per heavy atom. The van der Waals surface area contributed by atoms with Gasteiger partial charge in [-0.25, -0.2) is 0 Å². The first-order chi connectivity index (χ1) is 12.0. The van der Waals surface area contributed by atoms with Crippen molar-refractivity contribution in [2.24, 2.45) is 4.99 Å². The summed E-state index contributed by atoms with van der Waals surface area (Å²) in [5.74, 6) is 0.804. The van der Waals surface area contributed by atoms with E-state index in [1.54, 1.807) is 0 Å². The highest BCUT2D eigenvalue weighted by molar-refractivity contribution is 5.80. The Bertz CT molecular complexity index is 551. The van der Waals surface area contributed by atoms with E-state index in [9.17, 15) is 5.11 Å². The lowest BCUT2D eigenvalue weighted by Gasteiger charge is -2.24. The van der Waals surface area contributed by atoms with Crippen molar-refractivity contribution in [1.82, 2.24) is 10.6 Å². The summed E-state index contributed by atoms with van der Waals surface area (Å²) in [4.78, 5) is 7.04. The number of nitrogens with zero attached hydrogens (tertiary/aromatic N) is 2. The molecule has 0 aromatic heterocycles. The lowest BCUT2D eigenvalue weighted by molar-refractivity contribution is 0.0418. The zero-order chi connectivity index (χ0) is 18.3. The van der Waals surface area contributed by atoms with Gasteiger partial charge in [-0.15, -0.1) is 0 Å². The minimum absolute atomic E-state index is 0.371. The van der Waals surface area contributed by atoms with Crippen LogP contribution < -0.4 is 15.5 Å². The Morgan fingerprint density at radius 3 is 2.52 bits per heavy atom. The zero-order valence-electron chi connectivity index (χ0n) is 16.2. The number of aliphatic imine (C=N–C) groups is 1. The Balaban J connectivity index is 1.95. The monoisotopic (exact) mass is 346 g/mol. The first-order valence-electron chi connectivity index (χ1n) is 9.58. The maximum absolute atomic E-state index is 10.4. The van der Waals surface area contributed by atoms with Crippen molar-refractivity contribution in [1.29, 1.82) is 0 Å². The molecule has 1 unspecified atom stereocenters. The van der Waals surface area contributed by atoms with E-state index in [2.05, 4.69) is 58.6 Å². The van der Waals surface area contributed by atoms with E-state index in [0.717, 1.165) is 44.9 Å². The molecule has 2 rings (SSSR count). The van der Waals surface area contributed by atoms with Gasteiger partial charge in [0.25, 0.3) is 0 Å². The molecule has 3 N–H and O–H groups in total. The number of aryl methyl sites for hydroxylation is 1. The van der Waals surface area contributed by atoms with E-state index in [4.69, 9.17) is 0 Å². The maximum atomic E-state index is 10.4. The zero-order valence-corrected chi connectivity index (χ0v) is 16.2. The van der Waals surface area contributed by atoms with Crippen LogP contribution in [0, 0.1) is 6.92 Å². The molecule has 1 atom stereocenters. The number of anilines is 1. The van der Waals surface area contributed by atoms with E-state index in [1.807, 2.05) is 13.8 Å². The van der Waals surface area contributed by atoms with Gasteiger partial charge in [-0.2, -0.15) is 0 Å². The average Bonchev–Trinajstić information content (AvgIpc) is 3.09. The van der Waals surface area contributed by atoms with Gasteiger partial charge in [-0.05, 0) is 45.2 Å². The fourth-order valence-corrected chi connectivity index (χ4v) is 3.08. The third-order valence-corrected chi connectivity index (χ3v) is 5.12. The van der Waals surface area contributed by atoms with Crippen LogP contribution in [0.4, 0.5) is 5.69 Å². The molecule has 1 aromatic rings. The van der Waals surface area contributed by atoms with Crippen molar-refractivity contribution in [2.75, 3.05) is 31.1 Å². The normalized spacial score (nSPS) is 18.5. The molecular weight excluding hydrogens is 312 g/mol. The van der Waals surface area contributed by atoms with Crippen LogP contribution >= 0.6 is 0 Å². The maximum Gasteiger partial charge on any atom is 0.191 e. The molecule has 140 valence electrons. The van der Waals surface area contributed by atoms with Gasteiger partial charge in [0.1, 0.15) is 0 Å². The van der Waals surface area contributed by atoms with Gasteiger partial charge >= 0.3 is 0 Å². The number of hydrogen-bond acceptors (Lipinski definition) is 3. The number of aliphatic hydroxyl groups is 1. The van der Waals surface area contributed by atoms with Gasteiger partial charge in [0.05, 0.1) is 12.1 Å². The summed E-state index contributed by atoms with van der Waals surface area (Å²) < 4.78 is 0. The summed E-state index contributed by atoms with van der Waals surface area (Å²) in [7, 11) is 0. The van der Waals surface area contributed by atoms with E-state index >= 15 is 0 Å². The summed E-state index contributed by atoms with van der Waals surface area (Å²) >= 11 is 0. The van der Waals surface area contributed by atoms with Gasteiger partial charge in [0.15, 0.2) is 5.96 Å². The Morgan fingerprint density at radius 2 is 1.92 bits per heavy atom. The predicted octanol–water partition coefficient (Wildman–Crippen LogP) is 2.68. The van der Waals surface area contributed by atoms with Gasteiger partial charge in [0, 0.05) is 31.4 Å². The van der Waals surface area contributed by atoms with Gasteiger partial charge in [0.2, 0.25) is 0 Å². The van der Waals surface area contributed by atoms with Crippen LogP contribution in [0.2, 0.25) is 0 Å². The largest absolute Gasteiger partial charge is 0.388 e. The number of guanidine groups is 1. The molecule has 1 aromatic carbocycles. The molecule has 0 radical (unpaired) electrons. The lowest BCUT2D eigenvalue weighted by atomic mass is 9.98. The quantitative estimate of drug-likeness (QED) is 0.525. The van der Waals surface area contributed by atoms with Crippen LogP contribution in [0.5, 0.6) is 0 Å². The van der Waals surface area contributed by atoms with Crippen molar-refractivity contribution in [3.63, 3.8) is 0 Å². The van der Waals surface area contributed by atoms with Crippen LogP contribution in [0.3, 0.4) is 0 Å². The topological polar surface area (TPSA) is 59.9 Å². The SMILES string of the molecule is CCNC(=NCC(O)(CC)CC)NC1CCN(c2ccc(C)cc2)C1. The molecule has 0 saturated carbocycles. The van der Waals surface area contributed by atoms with Gasteiger partial charge in [-0.1, -0.05) is 31.5 Å². The predicted molar refractivity (Wildman–Crippen MR) is 106 cm³/mol. The molecule has 0 amide bonds. The molecule has 0 aliphatic carbocycles. The Kier molecular flexibility index (Phi) is 7.12. The third-order valence-electron chi connectivity index (χ3n) is 5.12. The summed E-state index contributed by atoms with van der Waals surface area (Å²) in [5, 5.41) is 17.3. The van der Waals surface area contributed by atoms with Crippen LogP contribution in [0.15, 0.2) is 29.3 Å². The number of benzene rings is 1. The van der Waals surface area contributed by atoms with E-state index in [0.29, 0.717) is 12.6 Å². The van der Waals surface area contributed by atoms with Gasteiger partial charge in [-0.3, -0.25) is 4.99 Å². The average molecular weight is 347 g/mol. The Labute approximate surface area is 152 Å². The van der Waals surface area contributed by atoms with Crippen LogP contribution in [0.25, 0.3) is 0 Å². The second-order valence-corrected chi connectivity index (χ2v) is 7.04. The van der Waals surface area contributed by atoms with E-state index in [1.165, 1.54) is 11.3 Å². The summed E-state index contributed by atoms with van der Waals surface area (Å²) in [6.45, 7) is 11.5. The number of hydrogen-bond donors (Lipinski definition) is 3. The molecule has 1 saturated heterocycles. The summed E-state index contributed by atoms with van der Waals surface area (Å²) in [6, 6.07) is 9.09. The number of rotatable bonds is 7. The highest BCUT2D eigenvalue weighted by Crippen LogP contribution is 2.21. The molecule has 1 heterocycles. The molecule has 1 aliphatic rings. The van der Waals surface area contributed by atoms with Crippen molar-refractivity contribution >= 4 is 11.6 Å². The van der Waals surface area contributed by atoms with Crippen LogP contribution in [-0.2, 0) is 0 Å². The van der Waals surface area contributed by atoms with E-state index in [-0.39, 0.29) is 0 Å². The Hall–Kier alpha value is -1.75. The third kappa shape index (κ3) is 5.63. The molecule has 0 spiro atoms. The summed E-state index contributed by atoms with van der Waals surface area (Å²) in [6.07, 6.45) is 2.53. The smallest absolute Gasteiger partial charge is 0.191 e. The lowest BCUT2D eigenvalue weighted by Crippen LogP contribution is -2.45. The van der Waals surface area contributed by atoms with Crippen molar-refractivity contribution < 1.29 is 5.11 Å². The minimum Gasteiger partial charge on any atom is -0.388 e. The van der Waals surface area contributed by atoms with Crippen molar-refractivity contribution in [3.05, 3.63) is 29.8 Å². The molecular formula is C20H34N4O. The van der Waals surface area contributed by atoms with Crippen molar-refractivity contribution in [3.8, 4) is 0 Å². The molecule has 5 heteroatoms. The standard InChI is InChI=1S/C20H34N4O/c1-5-20(25,6-2)15-22-19(21-7-3)23-17-12-13-24(14-17)18-10-8-16(4)9-11-18/h8-11,17,25H,5-7,12-15H2,1-4H3,(H2,21,22,23). The molecule has 0 bridgehead atoms. The molecule has 5 nitrogen and oxygen atoms in total. The fourth-order valence-electron chi connectivity index (χ4n) is 3.08. The van der Waals surface area contributed by atoms with Crippen LogP contribution in [-0.4, -0.2) is 48.9 Å². The summed E-state index contributed by atoms with van der Waals surface area (Å²) in [5.41, 5.74) is 1.87. The van der Waals surface area contributed by atoms with Crippen molar-refractivity contribution in [2.45, 2.75) is 58.6 Å². The minimum atomic E-state index is -0.702. The molecule has 1 aliphatic heterocycles. The van der Waals surface area contributed by atoms with E-state index < -0.39 is 5.60 Å². The molecule has 25 heavy (non-hydrogen) atoms. The first kappa shape index (κ1) is 19.6. The highest BCUT2D eigenvalue weighted by atomic mass is 16.3.